The Kier molecular flexibility index (Phi) is 2.53. The molecule has 0 radical (unpaired) electrons. The van der Waals surface area contributed by atoms with E-state index < -0.39 is 0 Å². The number of hydrogen-bond acceptors (Lipinski definition) is 3. The molecule has 0 spiro atoms. The van der Waals surface area contributed by atoms with Crippen LogP contribution in [0.5, 0.6) is 0 Å². The fourth-order valence-corrected chi connectivity index (χ4v) is 5.24. The van der Waals surface area contributed by atoms with Crippen molar-refractivity contribution < 1.29 is 14.3 Å². The van der Waals surface area contributed by atoms with Crippen molar-refractivity contribution in [3.63, 3.8) is 0 Å². The van der Waals surface area contributed by atoms with E-state index in [1.807, 2.05) is 18.2 Å². The molecule has 3 saturated heterocycles. The van der Waals surface area contributed by atoms with Crippen molar-refractivity contribution in [2.45, 2.75) is 31.5 Å². The monoisotopic (exact) mass is 331 g/mol. The van der Waals surface area contributed by atoms with Crippen molar-refractivity contribution in [3.05, 3.63) is 53.6 Å². The van der Waals surface area contributed by atoms with Crippen LogP contribution >= 0.6 is 0 Å². The van der Waals surface area contributed by atoms with Crippen molar-refractivity contribution >= 4 is 17.5 Å². The van der Waals surface area contributed by atoms with E-state index in [9.17, 15) is 9.59 Å². The molecule has 2 aromatic carbocycles. The first-order valence-corrected chi connectivity index (χ1v) is 8.97. The van der Waals surface area contributed by atoms with Crippen LogP contribution in [0.3, 0.4) is 0 Å². The van der Waals surface area contributed by atoms with Gasteiger partial charge in [0.1, 0.15) is 0 Å². The summed E-state index contributed by atoms with van der Waals surface area (Å²) in [6.07, 6.45) is 2.54. The van der Waals surface area contributed by atoms with Crippen LogP contribution in [-0.2, 0) is 20.7 Å². The van der Waals surface area contributed by atoms with Gasteiger partial charge < -0.3 is 4.74 Å². The lowest BCUT2D eigenvalue weighted by molar-refractivity contribution is -0.124. The number of rotatable bonds is 1. The van der Waals surface area contributed by atoms with Gasteiger partial charge in [-0.25, -0.2) is 4.90 Å². The fourth-order valence-electron chi connectivity index (χ4n) is 5.24. The number of carbonyl (C=O) groups is 2. The average Bonchev–Trinajstić information content (AvgIpc) is 3.36. The highest BCUT2D eigenvalue weighted by Crippen LogP contribution is 2.50. The molecule has 0 aromatic heterocycles. The number of nitrogens with zero attached hydrogens (tertiary/aromatic N) is 1. The lowest BCUT2D eigenvalue weighted by atomic mass is 9.81. The van der Waals surface area contributed by atoms with Gasteiger partial charge in [-0.2, -0.15) is 0 Å². The summed E-state index contributed by atoms with van der Waals surface area (Å²) >= 11 is 0. The highest BCUT2D eigenvalue weighted by atomic mass is 16.5. The van der Waals surface area contributed by atoms with Gasteiger partial charge in [-0.1, -0.05) is 30.3 Å². The third-order valence-electron chi connectivity index (χ3n) is 6.32. The molecule has 2 bridgehead atoms. The number of ether oxygens (including phenoxy) is 1. The number of fused-ring (bicyclic) bond motifs is 8. The summed E-state index contributed by atoms with van der Waals surface area (Å²) in [5.41, 5.74) is 5.68. The summed E-state index contributed by atoms with van der Waals surface area (Å²) in [5, 5.41) is 0. The minimum atomic E-state index is -0.267. The van der Waals surface area contributed by atoms with Crippen molar-refractivity contribution in [3.8, 4) is 11.1 Å². The Bertz CT molecular complexity index is 922. The zero-order chi connectivity index (χ0) is 16.7. The van der Waals surface area contributed by atoms with Crippen LogP contribution in [0.4, 0.5) is 5.69 Å². The normalized spacial score (nSPS) is 31.4. The van der Waals surface area contributed by atoms with Crippen molar-refractivity contribution in [2.75, 3.05) is 4.90 Å². The Morgan fingerprint density at radius 3 is 2.28 bits per heavy atom. The van der Waals surface area contributed by atoms with Gasteiger partial charge in [0.2, 0.25) is 11.8 Å². The molecule has 3 fully saturated rings. The Labute approximate surface area is 145 Å². The molecule has 4 atom stereocenters. The maximum atomic E-state index is 12.9. The molecule has 0 N–H and O–H groups in total. The zero-order valence-corrected chi connectivity index (χ0v) is 13.6. The van der Waals surface area contributed by atoms with Gasteiger partial charge in [0.05, 0.1) is 29.7 Å². The first-order chi connectivity index (χ1) is 12.2. The predicted molar refractivity (Wildman–Crippen MR) is 92.1 cm³/mol. The van der Waals surface area contributed by atoms with E-state index in [1.54, 1.807) is 0 Å². The van der Waals surface area contributed by atoms with Gasteiger partial charge in [-0.3, -0.25) is 9.59 Å². The van der Waals surface area contributed by atoms with E-state index >= 15 is 0 Å². The van der Waals surface area contributed by atoms with Gasteiger partial charge in [0.25, 0.3) is 0 Å². The Morgan fingerprint density at radius 1 is 0.840 bits per heavy atom. The molecule has 3 aliphatic heterocycles. The lowest BCUT2D eigenvalue weighted by Crippen LogP contribution is -2.34. The molecule has 1 aliphatic carbocycles. The van der Waals surface area contributed by atoms with E-state index in [0.717, 1.165) is 24.9 Å². The van der Waals surface area contributed by atoms with Gasteiger partial charge in [0, 0.05) is 0 Å². The minimum absolute atomic E-state index is 0.0601. The van der Waals surface area contributed by atoms with E-state index in [2.05, 4.69) is 24.3 Å². The fraction of sp³-hybridized carbons (Fsp3) is 0.333. The molecule has 4 nitrogen and oxygen atoms in total. The molecule has 6 rings (SSSR count). The lowest BCUT2D eigenvalue weighted by Gasteiger charge is -2.18. The third-order valence-corrected chi connectivity index (χ3v) is 6.32. The predicted octanol–water partition coefficient (Wildman–Crippen LogP) is 2.92. The molecular weight excluding hydrogens is 314 g/mol. The average molecular weight is 331 g/mol. The zero-order valence-electron chi connectivity index (χ0n) is 13.6. The van der Waals surface area contributed by atoms with E-state index in [0.29, 0.717) is 0 Å². The number of anilines is 1. The number of hydrogen-bond donors (Lipinski definition) is 0. The highest BCUT2D eigenvalue weighted by Gasteiger charge is 2.62. The number of carbonyl (C=O) groups excluding carboxylic acids is 2. The Hall–Kier alpha value is -2.46. The van der Waals surface area contributed by atoms with Gasteiger partial charge in [-0.15, -0.1) is 0 Å². The maximum absolute atomic E-state index is 12.9. The van der Waals surface area contributed by atoms with Crippen molar-refractivity contribution in [2.24, 2.45) is 11.8 Å². The number of imide groups is 1. The van der Waals surface area contributed by atoms with E-state index in [-0.39, 0.29) is 35.9 Å². The second-order valence-electron chi connectivity index (χ2n) is 7.53. The molecule has 3 heterocycles. The molecule has 0 saturated carbocycles. The number of benzene rings is 2. The first-order valence-electron chi connectivity index (χ1n) is 8.97. The Morgan fingerprint density at radius 2 is 1.52 bits per heavy atom. The molecule has 0 unspecified atom stereocenters. The van der Waals surface area contributed by atoms with Crippen LogP contribution in [0.25, 0.3) is 11.1 Å². The van der Waals surface area contributed by atoms with Crippen molar-refractivity contribution in [1.82, 2.24) is 0 Å². The largest absolute Gasteiger partial charge is 0.373 e. The first kappa shape index (κ1) is 13.8. The van der Waals surface area contributed by atoms with Crippen LogP contribution in [0, 0.1) is 11.8 Å². The van der Waals surface area contributed by atoms with Crippen LogP contribution in [0.1, 0.15) is 24.0 Å². The van der Waals surface area contributed by atoms with Crippen LogP contribution < -0.4 is 4.90 Å². The van der Waals surface area contributed by atoms with Crippen LogP contribution in [-0.4, -0.2) is 24.0 Å². The second-order valence-corrected chi connectivity index (χ2v) is 7.53. The maximum Gasteiger partial charge on any atom is 0.240 e. The summed E-state index contributed by atoms with van der Waals surface area (Å²) in [6.45, 7) is 0. The van der Waals surface area contributed by atoms with Gasteiger partial charge >= 0.3 is 0 Å². The number of amides is 2. The summed E-state index contributed by atoms with van der Waals surface area (Å²) < 4.78 is 5.81. The summed E-state index contributed by atoms with van der Waals surface area (Å²) in [6, 6.07) is 14.4. The summed E-state index contributed by atoms with van der Waals surface area (Å²) in [7, 11) is 0. The van der Waals surface area contributed by atoms with Gasteiger partial charge in [0.15, 0.2) is 0 Å². The molecule has 2 amide bonds. The van der Waals surface area contributed by atoms with Crippen LogP contribution in [0.15, 0.2) is 42.5 Å². The molecular formula is C21H17NO3. The molecule has 25 heavy (non-hydrogen) atoms. The molecule has 2 aromatic rings. The molecule has 4 heteroatoms. The SMILES string of the molecule is O=C1[C@@H]2[C@H](C(=O)N1c1ccc3c(c1)Cc1ccccc1-3)[C@H]1CC[C@@H]2O1. The van der Waals surface area contributed by atoms with Crippen molar-refractivity contribution in [1.29, 1.82) is 0 Å². The second kappa shape index (κ2) is 4.58. The quantitative estimate of drug-likeness (QED) is 0.644. The van der Waals surface area contributed by atoms with E-state index in [4.69, 9.17) is 4.74 Å². The topological polar surface area (TPSA) is 46.6 Å². The van der Waals surface area contributed by atoms with E-state index in [1.165, 1.54) is 27.2 Å². The smallest absolute Gasteiger partial charge is 0.240 e. The minimum Gasteiger partial charge on any atom is -0.373 e. The van der Waals surface area contributed by atoms with Crippen LogP contribution in [0.2, 0.25) is 0 Å². The summed E-state index contributed by atoms with van der Waals surface area (Å²) in [5.74, 6) is -0.677. The summed E-state index contributed by atoms with van der Waals surface area (Å²) in [4.78, 5) is 27.3. The standard InChI is InChI=1S/C21H17NO3/c23-20-18-16-7-8-17(25-16)19(18)21(24)22(20)13-5-6-15-12(10-13)9-11-3-1-2-4-14(11)15/h1-6,10,16-19H,7-9H2/t16-,17+,18-,19+. The van der Waals surface area contributed by atoms with Gasteiger partial charge in [-0.05, 0) is 53.6 Å². The molecule has 4 aliphatic rings. The highest BCUT2D eigenvalue weighted by molar-refractivity contribution is 6.23. The molecule has 124 valence electrons. The Balaban J connectivity index is 1.41. The third kappa shape index (κ3) is 1.65.